The van der Waals surface area contributed by atoms with Crippen molar-refractivity contribution in [2.75, 3.05) is 0 Å². The third-order valence-corrected chi connectivity index (χ3v) is 25.4. The van der Waals surface area contributed by atoms with Crippen LogP contribution >= 0.6 is 0 Å². The third-order valence-electron chi connectivity index (χ3n) is 25.4. The summed E-state index contributed by atoms with van der Waals surface area (Å²) in [5.41, 5.74) is 30.0. The summed E-state index contributed by atoms with van der Waals surface area (Å²) in [6, 6.07) is 185. The Morgan fingerprint density at radius 3 is 0.603 bits per heavy atom. The fourth-order valence-electron chi connectivity index (χ4n) is 19.7. The second-order valence-electron chi connectivity index (χ2n) is 32.6. The van der Waals surface area contributed by atoms with Gasteiger partial charge in [-0.15, -0.1) is 0 Å². The van der Waals surface area contributed by atoms with E-state index in [0.29, 0.717) is 0 Å². The van der Waals surface area contributed by atoms with Crippen LogP contribution in [-0.2, 0) is 0 Å². The number of hydrogen-bond donors (Lipinski definition) is 0. The Labute approximate surface area is 734 Å². The van der Waals surface area contributed by atoms with Crippen molar-refractivity contribution in [3.8, 4) is 134 Å². The molecule has 0 atom stereocenters. The van der Waals surface area contributed by atoms with Gasteiger partial charge in [-0.3, -0.25) is 0 Å². The molecular weight excluding hydrogens is 1510 g/mol. The lowest BCUT2D eigenvalue weighted by Crippen LogP contribution is -1.93. The van der Waals surface area contributed by atoms with Crippen LogP contribution in [0.1, 0.15) is 0 Å². The zero-order chi connectivity index (χ0) is 83.6. The van der Waals surface area contributed by atoms with Crippen LogP contribution in [0, 0.1) is 0 Å². The average molecular weight is 1600 g/mol. The number of rotatable bonds is 12. The van der Waals surface area contributed by atoms with Crippen molar-refractivity contribution in [2.24, 2.45) is 0 Å². The molecule has 0 nitrogen and oxygen atoms in total. The molecule has 0 amide bonds. The smallest absolute Gasteiger partial charge is 0.00201 e. The lowest BCUT2D eigenvalue weighted by atomic mass is 9.83. The molecule has 0 radical (unpaired) electrons. The molecule has 0 heterocycles. The highest BCUT2D eigenvalue weighted by atomic mass is 14.3. The maximum absolute atomic E-state index is 2.37. The summed E-state index contributed by atoms with van der Waals surface area (Å²) in [6.07, 6.45) is 0. The van der Waals surface area contributed by atoms with E-state index < -0.39 is 0 Å². The molecule has 126 heavy (non-hydrogen) atoms. The third kappa shape index (κ3) is 14.2. The van der Waals surface area contributed by atoms with Gasteiger partial charge in [-0.05, 0) is 255 Å². The van der Waals surface area contributed by atoms with Crippen LogP contribution in [0.15, 0.2) is 510 Å². The van der Waals surface area contributed by atoms with E-state index in [-0.39, 0.29) is 0 Å². The molecule has 0 bridgehead atoms. The van der Waals surface area contributed by atoms with Crippen LogP contribution in [0.5, 0.6) is 0 Å². The predicted octanol–water partition coefficient (Wildman–Crippen LogP) is 35.4. The molecule has 24 aromatic rings. The Kier molecular flexibility index (Phi) is 20.2. The number of benzene rings is 24. The Balaban J connectivity index is 0.000000112. The van der Waals surface area contributed by atoms with Gasteiger partial charge < -0.3 is 0 Å². The standard InChI is InChI=1S/3C42H28/c1-2-13-29(14-3-1)31-17-10-19-33(27-31)41-37-22-6-8-24-39(37)42(40-25-9-7-23-38(40)41)34-20-11-18-32(28-34)36-26-12-16-30-15-4-5-21-35(30)36;1-2-12-29(13-3-1)33-16-10-17-34(28-33)42-39-21-8-6-19-37(39)41(38-20-7-9-22-40(38)42)32-26-24-31(25-27-32)36-23-11-15-30-14-4-5-18-35(30)36;1-2-14-29(15-3-1)31-18-12-19-32(28-31)41-37-23-8-10-25-39(37)42(40-26-11-9-24-38(40)41)36-22-7-6-21-35(36)34-27-13-17-30-16-4-5-20-33(30)34/h3*1-28H. The van der Waals surface area contributed by atoms with Gasteiger partial charge in [0.2, 0.25) is 0 Å². The van der Waals surface area contributed by atoms with Gasteiger partial charge in [-0.1, -0.05) is 485 Å². The normalized spacial score (nSPS) is 11.3. The van der Waals surface area contributed by atoms with E-state index in [4.69, 9.17) is 0 Å². The van der Waals surface area contributed by atoms with Crippen molar-refractivity contribution in [3.63, 3.8) is 0 Å². The summed E-state index contributed by atoms with van der Waals surface area (Å²) < 4.78 is 0. The first-order valence-corrected chi connectivity index (χ1v) is 43.6. The maximum atomic E-state index is 2.37. The first-order chi connectivity index (χ1) is 62.6. The van der Waals surface area contributed by atoms with E-state index in [1.165, 1.54) is 230 Å². The molecule has 0 saturated carbocycles. The Bertz CT molecular complexity index is 8050. The minimum Gasteiger partial charge on any atom is -0.0622 e. The van der Waals surface area contributed by atoms with Gasteiger partial charge in [0.25, 0.3) is 0 Å². The van der Waals surface area contributed by atoms with Gasteiger partial charge >= 0.3 is 0 Å². The summed E-state index contributed by atoms with van der Waals surface area (Å²) in [5.74, 6) is 0. The highest BCUT2D eigenvalue weighted by Crippen LogP contribution is 2.51. The molecule has 0 spiro atoms. The molecule has 0 aliphatic rings. The van der Waals surface area contributed by atoms with Crippen LogP contribution in [0.25, 0.3) is 230 Å². The van der Waals surface area contributed by atoms with Gasteiger partial charge in [0.15, 0.2) is 0 Å². The predicted molar refractivity (Wildman–Crippen MR) is 542 cm³/mol. The van der Waals surface area contributed by atoms with Crippen molar-refractivity contribution < 1.29 is 0 Å². The number of hydrogen-bond acceptors (Lipinski definition) is 0. The quantitative estimate of drug-likeness (QED) is 0.107. The highest BCUT2D eigenvalue weighted by Gasteiger charge is 2.24. The zero-order valence-electron chi connectivity index (χ0n) is 69.5. The first kappa shape index (κ1) is 75.8. The minimum atomic E-state index is 1.23. The molecule has 0 fully saturated rings. The largest absolute Gasteiger partial charge is 0.0622 e. The topological polar surface area (TPSA) is 0 Å². The van der Waals surface area contributed by atoms with Crippen LogP contribution in [0.4, 0.5) is 0 Å². The van der Waals surface area contributed by atoms with Gasteiger partial charge in [0.1, 0.15) is 0 Å². The Morgan fingerprint density at radius 2 is 0.270 bits per heavy atom. The van der Waals surface area contributed by atoms with E-state index in [9.17, 15) is 0 Å². The fraction of sp³-hybridized carbons (Fsp3) is 0. The summed E-state index contributed by atoms with van der Waals surface area (Å²) in [7, 11) is 0. The summed E-state index contributed by atoms with van der Waals surface area (Å²) >= 11 is 0. The monoisotopic (exact) mass is 1600 g/mol. The van der Waals surface area contributed by atoms with Crippen molar-refractivity contribution in [3.05, 3.63) is 510 Å². The zero-order valence-corrected chi connectivity index (χ0v) is 69.5. The maximum Gasteiger partial charge on any atom is -0.00201 e. The summed E-state index contributed by atoms with van der Waals surface area (Å²) in [5, 5.41) is 22.9. The lowest BCUT2D eigenvalue weighted by Gasteiger charge is -2.20. The van der Waals surface area contributed by atoms with E-state index in [2.05, 4.69) is 510 Å². The van der Waals surface area contributed by atoms with E-state index >= 15 is 0 Å². The molecule has 0 aliphatic heterocycles. The van der Waals surface area contributed by atoms with Gasteiger partial charge in [0, 0.05) is 0 Å². The summed E-state index contributed by atoms with van der Waals surface area (Å²) in [6.45, 7) is 0. The minimum absolute atomic E-state index is 1.23. The van der Waals surface area contributed by atoms with E-state index in [1.54, 1.807) is 0 Å². The molecule has 0 aromatic heterocycles. The molecule has 0 N–H and O–H groups in total. The van der Waals surface area contributed by atoms with Crippen molar-refractivity contribution in [1.82, 2.24) is 0 Å². The van der Waals surface area contributed by atoms with Crippen LogP contribution < -0.4 is 0 Å². The van der Waals surface area contributed by atoms with Crippen molar-refractivity contribution in [1.29, 1.82) is 0 Å². The van der Waals surface area contributed by atoms with Gasteiger partial charge in [-0.25, -0.2) is 0 Å². The molecular formula is C126H84. The SMILES string of the molecule is c1ccc(-c2cccc(-c3c4ccccc4c(-c4ccc(-c5cccc6ccccc56)cc4)c4ccccc34)c2)cc1.c1ccc(-c2cccc(-c3c4ccccc4c(-c4cccc(-c5cccc6ccccc56)c4)c4ccccc34)c2)cc1.c1ccc(-c2cccc(-c3c4ccccc4c(-c4ccccc4-c4cccc5ccccc45)c4ccccc34)c2)cc1. The molecule has 24 rings (SSSR count). The van der Waals surface area contributed by atoms with Gasteiger partial charge in [-0.2, -0.15) is 0 Å². The Morgan fingerprint density at radius 1 is 0.0794 bits per heavy atom. The molecule has 0 heteroatoms. The molecule has 0 unspecified atom stereocenters. The first-order valence-electron chi connectivity index (χ1n) is 43.6. The molecule has 588 valence electrons. The Hall–Kier alpha value is -16.4. The highest BCUT2D eigenvalue weighted by molar-refractivity contribution is 6.25. The van der Waals surface area contributed by atoms with Gasteiger partial charge in [0.05, 0.1) is 0 Å². The molecule has 0 saturated heterocycles. The second-order valence-corrected chi connectivity index (χ2v) is 32.6. The van der Waals surface area contributed by atoms with Crippen LogP contribution in [0.3, 0.4) is 0 Å². The van der Waals surface area contributed by atoms with E-state index in [1.807, 2.05) is 0 Å². The van der Waals surface area contributed by atoms with Crippen LogP contribution in [-0.4, -0.2) is 0 Å². The van der Waals surface area contributed by atoms with Crippen LogP contribution in [0.2, 0.25) is 0 Å². The molecule has 24 aromatic carbocycles. The fourth-order valence-corrected chi connectivity index (χ4v) is 19.7. The van der Waals surface area contributed by atoms with Crippen molar-refractivity contribution >= 4 is 97.0 Å². The second kappa shape index (κ2) is 33.6. The molecule has 0 aliphatic carbocycles. The lowest BCUT2D eigenvalue weighted by molar-refractivity contribution is 1.61. The van der Waals surface area contributed by atoms with Crippen molar-refractivity contribution in [2.45, 2.75) is 0 Å². The summed E-state index contributed by atoms with van der Waals surface area (Å²) in [4.78, 5) is 0. The van der Waals surface area contributed by atoms with E-state index in [0.717, 1.165) is 0 Å². The average Bonchev–Trinajstić information content (AvgIpc) is 0.734. The number of fused-ring (bicyclic) bond motifs is 9.